The van der Waals surface area contributed by atoms with Gasteiger partial charge < -0.3 is 63.0 Å². The van der Waals surface area contributed by atoms with Gasteiger partial charge in [-0.3, -0.25) is 9.59 Å². The number of ether oxygens (including phenoxy) is 5. The summed E-state index contributed by atoms with van der Waals surface area (Å²) in [5.74, 6) is 2.77. The molecule has 0 amide bonds. The number of hydrogen-bond acceptors (Lipinski definition) is 30. The number of nitrogen functional groups attached to an aromatic ring is 1. The molecule has 40 heteroatoms. The Hall–Kier alpha value is -7.38. The van der Waals surface area contributed by atoms with Crippen LogP contribution in [0.2, 0.25) is 30.9 Å². The number of rotatable bonds is 24. The fourth-order valence-corrected chi connectivity index (χ4v) is 10.8. The Labute approximate surface area is 711 Å². The smallest absolute Gasteiger partial charge is 1.00 e. The number of halogens is 6. The average Bonchev–Trinajstić information content (AvgIpc) is 0.827. The molecule has 27 nitrogen and oxygen atoms in total. The molecule has 106 heavy (non-hydrogen) atoms. The zero-order valence-electron chi connectivity index (χ0n) is 71.5. The Morgan fingerprint density at radius 2 is 0.726 bits per heavy atom. The van der Waals surface area contributed by atoms with E-state index >= 15 is 0 Å². The molecule has 0 saturated heterocycles. The van der Waals surface area contributed by atoms with Crippen LogP contribution in [-0.2, 0) is 19.7 Å². The van der Waals surface area contributed by atoms with E-state index in [2.05, 4.69) is 85.9 Å². The maximum atomic E-state index is 11.2. The monoisotopic (exact) mass is 1680 g/mol. The Kier molecular flexibility index (Phi) is 34.5. The fraction of sp³-hybridized carbons (Fsp3) is 0.212. The number of methoxy groups -OCH3 is 5. The van der Waals surface area contributed by atoms with E-state index in [-0.39, 0.29) is 132 Å². The van der Waals surface area contributed by atoms with Crippen LogP contribution >= 0.6 is 128 Å². The molecule has 0 atom stereocenters. The fourth-order valence-electron chi connectivity index (χ4n) is 7.27. The van der Waals surface area contributed by atoms with E-state index in [9.17, 15) is 14.7 Å². The Morgan fingerprint density at radius 3 is 1.03 bits per heavy atom. The number of aromatic nitrogens is 10. The number of carbonyl (C=O) groups excluding carboxylic acids is 2. The van der Waals surface area contributed by atoms with Crippen molar-refractivity contribution in [2.45, 2.75) is 52.9 Å². The standard InChI is InChI=1S/C13H13ClN6OS.C13H15ClN4OS.C13H14ClN3O2S.C13H12ClN3O2S.C7H9NO.C6H4Cl2N2OS.CH4.B.Na.H/c1-21-9-5-3-8(4-6-9)17-12-10(7-16-20-15)11(14)18-13(19-12)22-2;1-19-9-5-3-8(4-6-9)16-12-10(7-15)11(14)17-13(18-12)20-2;2*1-19-9-5-3-8(4-6-9)15-12-10(7-18)11(14)16-13(17-12)20-2;1-9-7-4-2-6(8)3-5-7;1-12-6-9-4(7)3(2-11)5(8)10-6;;;;/h3-6H,7H2,1-2H3,(H,17,18,19);3-6H,7,15H2,1-2H3,(H,16,17,18);3-6,18H,7H2,1-2H3,(H,15,16,17);3-7H,1-2H3,(H,15,16,17);2-5H,8H2,1H3;2H,1H3;1H4;;;/q;;;;;;;;+1;-1/i5*1D3;;;;;. The van der Waals surface area contributed by atoms with Crippen LogP contribution in [0.3, 0.4) is 0 Å². The van der Waals surface area contributed by atoms with Crippen LogP contribution in [0.4, 0.5) is 51.7 Å². The second-order valence-electron chi connectivity index (χ2n) is 18.6. The first-order valence-electron chi connectivity index (χ1n) is 35.7. The molecule has 0 aliphatic heterocycles. The van der Waals surface area contributed by atoms with E-state index in [1.54, 1.807) is 85.3 Å². The zero-order valence-corrected chi connectivity index (χ0v) is 66.1. The normalized spacial score (nSPS) is 12.5. The number of nitrogens with one attached hydrogen (secondary N) is 4. The molecule has 0 spiro atoms. The van der Waals surface area contributed by atoms with Crippen molar-refractivity contribution in [3.05, 3.63) is 191 Å². The number of thioether (sulfide) groups is 5. The van der Waals surface area contributed by atoms with Crippen molar-refractivity contribution in [3.8, 4) is 28.7 Å². The summed E-state index contributed by atoms with van der Waals surface area (Å²) < 4.78 is 129. The van der Waals surface area contributed by atoms with Crippen LogP contribution in [0.15, 0.2) is 152 Å². The molecule has 0 bridgehead atoms. The predicted molar refractivity (Wildman–Crippen MR) is 433 cm³/mol. The number of carbonyl (C=O) groups is 2. The molecule has 3 radical (unpaired) electrons. The molecular formula is C66H72BCl6N19NaO8S5. The summed E-state index contributed by atoms with van der Waals surface area (Å²) in [7, 11) is -12.4. The Morgan fingerprint density at radius 1 is 0.462 bits per heavy atom. The number of anilines is 9. The molecule has 10 rings (SSSR count). The molecule has 555 valence electrons. The molecule has 0 aliphatic carbocycles. The van der Waals surface area contributed by atoms with Crippen LogP contribution in [-0.4, -0.2) is 142 Å². The minimum atomic E-state index is -2.51. The number of hydrogen-bond donors (Lipinski definition) is 7. The topological polar surface area (TPSA) is 378 Å². The molecule has 0 fully saturated rings. The summed E-state index contributed by atoms with van der Waals surface area (Å²) in [6.07, 6.45) is 10.2. The molecule has 5 aromatic carbocycles. The van der Waals surface area contributed by atoms with E-state index in [0.717, 1.165) is 0 Å². The van der Waals surface area contributed by atoms with Crippen molar-refractivity contribution in [2.24, 2.45) is 10.8 Å². The molecule has 10 aromatic rings. The summed E-state index contributed by atoms with van der Waals surface area (Å²) in [5.41, 5.74) is 24.5. The third-order valence-corrected chi connectivity index (χ3v) is 16.8. The van der Waals surface area contributed by atoms with Crippen molar-refractivity contribution in [1.82, 2.24) is 49.8 Å². The zero-order chi connectivity index (χ0) is 87.9. The molecule has 0 unspecified atom stereocenters. The summed E-state index contributed by atoms with van der Waals surface area (Å²) in [6.45, 7) is -0.126. The van der Waals surface area contributed by atoms with Gasteiger partial charge in [0.15, 0.2) is 38.4 Å². The van der Waals surface area contributed by atoms with Gasteiger partial charge in [-0.25, -0.2) is 49.8 Å². The van der Waals surface area contributed by atoms with Crippen LogP contribution in [0, 0.1) is 0 Å². The first kappa shape index (κ1) is 71.5. The van der Waals surface area contributed by atoms with E-state index in [4.69, 9.17) is 126 Å². The number of nitrogens with zero attached hydrogens (tertiary/aromatic N) is 13. The van der Waals surface area contributed by atoms with E-state index < -0.39 is 35.2 Å². The van der Waals surface area contributed by atoms with Gasteiger partial charge in [0.2, 0.25) is 0 Å². The quantitative estimate of drug-likeness (QED) is 0.00340. The van der Waals surface area contributed by atoms with Crippen molar-refractivity contribution < 1.29 is 89.9 Å². The first-order chi connectivity index (χ1) is 55.4. The largest absolute Gasteiger partial charge is 1.00 e. The SMILES string of the molecule is C.CSc1nc(Cl)c(C=O)c(Cl)n1.[2H]C([2H])([2H])Oc1ccc(N)cc1.[2H]C([2H])([2H])Oc1ccc(Nc2nc(SC)nc(Cl)c2C=O)cc1.[2H]C([2H])([2H])Oc1ccc(Nc2nc(SC)nc(Cl)c2CN)cc1.[2H]C([2H])([2H])Oc1ccc(Nc2nc(SC)nc(Cl)c2CN=[N+]=[N-])cc1.[2H]C([2H])([2H])Oc1ccc(Nc2nc(SC)nc(Cl)c2CO)cc1.[B].[H-].[Na+]. The summed E-state index contributed by atoms with van der Waals surface area (Å²) >= 11 is 42.1. The molecule has 5 aromatic heterocycles. The number of aldehydes is 2. The Balaban J connectivity index is 0.000000740. The van der Waals surface area contributed by atoms with Crippen molar-refractivity contribution in [2.75, 3.05) is 93.5 Å². The average molecular weight is 1680 g/mol. The maximum absolute atomic E-state index is 11.2. The van der Waals surface area contributed by atoms with Gasteiger partial charge in [-0.1, -0.05) is 141 Å². The second kappa shape index (κ2) is 51.0. The van der Waals surface area contributed by atoms with Gasteiger partial charge in [-0.05, 0) is 158 Å². The first-order valence-corrected chi connectivity index (χ1v) is 36.5. The number of azide groups is 1. The molecular weight excluding hydrogens is 1590 g/mol. The minimum absolute atomic E-state index is 0. The third-order valence-electron chi connectivity index (χ3n) is 12.3. The van der Waals surface area contributed by atoms with E-state index in [1.165, 1.54) is 107 Å². The number of aliphatic hydroxyl groups is 1. The van der Waals surface area contributed by atoms with Gasteiger partial charge >= 0.3 is 29.6 Å². The van der Waals surface area contributed by atoms with Crippen LogP contribution in [0.25, 0.3) is 10.4 Å². The van der Waals surface area contributed by atoms with Crippen LogP contribution in [0.5, 0.6) is 28.7 Å². The predicted octanol–water partition coefficient (Wildman–Crippen LogP) is 15.0. The van der Waals surface area contributed by atoms with E-state index in [1.807, 2.05) is 18.8 Å². The summed E-state index contributed by atoms with van der Waals surface area (Å²) in [4.78, 5) is 65.4. The van der Waals surface area contributed by atoms with Crippen molar-refractivity contribution in [3.63, 3.8) is 0 Å². The van der Waals surface area contributed by atoms with Crippen LogP contribution in [0.1, 0.15) is 66.8 Å². The summed E-state index contributed by atoms with van der Waals surface area (Å²) in [5, 5.41) is 28.3. The number of aliphatic hydroxyl groups excluding tert-OH is 1. The van der Waals surface area contributed by atoms with Gasteiger partial charge in [0.05, 0.1) is 85.6 Å². The number of benzene rings is 5. The van der Waals surface area contributed by atoms with Gasteiger partial charge in [0.25, 0.3) is 0 Å². The van der Waals surface area contributed by atoms with Gasteiger partial charge in [-0.2, -0.15) is 0 Å². The molecule has 0 saturated carbocycles. The number of nitrogens with two attached hydrogens (primary N) is 2. The molecule has 5 heterocycles. The molecule has 0 aliphatic rings. The second-order valence-corrected chi connectivity index (χ2v) is 24.6. The van der Waals surface area contributed by atoms with Crippen molar-refractivity contribution in [1.29, 1.82) is 0 Å². The maximum Gasteiger partial charge on any atom is 1.00 e. The third kappa shape index (κ3) is 30.3. The van der Waals surface area contributed by atoms with Gasteiger partial charge in [0, 0.05) is 59.4 Å². The van der Waals surface area contributed by atoms with Crippen molar-refractivity contribution >= 4 is 201 Å². The van der Waals surface area contributed by atoms with Crippen LogP contribution < -0.4 is 86.0 Å². The summed E-state index contributed by atoms with van der Waals surface area (Å²) in [6, 6.07) is 31.4. The van der Waals surface area contributed by atoms with E-state index in [0.29, 0.717) is 112 Å². The Bertz CT molecular complexity index is 4880. The van der Waals surface area contributed by atoms with Gasteiger partial charge in [-0.15, -0.1) is 0 Å². The minimum Gasteiger partial charge on any atom is -1.00 e. The molecule has 9 N–H and O–H groups in total. The van der Waals surface area contributed by atoms with Gasteiger partial charge in [0.1, 0.15) is 82.9 Å².